The van der Waals surface area contributed by atoms with Gasteiger partial charge in [0.25, 0.3) is 5.69 Å². The predicted molar refractivity (Wildman–Crippen MR) is 79.9 cm³/mol. The monoisotopic (exact) mass is 306 g/mol. The summed E-state index contributed by atoms with van der Waals surface area (Å²) < 4.78 is 0. The zero-order valence-corrected chi connectivity index (χ0v) is 11.7. The third-order valence-corrected chi connectivity index (χ3v) is 3.59. The zero-order chi connectivity index (χ0) is 15.4. The Morgan fingerprint density at radius 1 is 1.24 bits per heavy atom. The van der Waals surface area contributed by atoms with E-state index in [-0.39, 0.29) is 11.4 Å². The van der Waals surface area contributed by atoms with E-state index in [0.717, 1.165) is 10.9 Å². The van der Waals surface area contributed by atoms with Crippen molar-refractivity contribution in [2.24, 2.45) is 5.10 Å². The van der Waals surface area contributed by atoms with E-state index in [0.29, 0.717) is 5.71 Å². The van der Waals surface area contributed by atoms with Crippen LogP contribution in [-0.2, 0) is 0 Å². The number of nitrogens with zero attached hydrogens (tertiary/aromatic N) is 3. The van der Waals surface area contributed by atoms with Crippen LogP contribution in [0.5, 0.6) is 0 Å². The first-order valence-corrected chi connectivity index (χ1v) is 6.64. The number of hydrogen-bond acceptors (Lipinski definition) is 7. The van der Waals surface area contributed by atoms with Gasteiger partial charge in [-0.1, -0.05) is 6.07 Å². The lowest BCUT2D eigenvalue weighted by Gasteiger charge is -2.03. The topological polar surface area (TPSA) is 111 Å². The van der Waals surface area contributed by atoms with Crippen LogP contribution in [0.3, 0.4) is 0 Å². The van der Waals surface area contributed by atoms with E-state index in [1.807, 2.05) is 17.5 Å². The summed E-state index contributed by atoms with van der Waals surface area (Å²) >= 11 is 1.49. The molecule has 0 aliphatic rings. The van der Waals surface area contributed by atoms with Crippen LogP contribution >= 0.6 is 11.3 Å². The highest BCUT2D eigenvalue weighted by Gasteiger charge is 2.19. The first-order chi connectivity index (χ1) is 9.99. The molecule has 2 aromatic rings. The van der Waals surface area contributed by atoms with E-state index in [4.69, 9.17) is 0 Å². The molecule has 8 nitrogen and oxygen atoms in total. The van der Waals surface area contributed by atoms with Gasteiger partial charge in [-0.05, 0) is 24.4 Å². The summed E-state index contributed by atoms with van der Waals surface area (Å²) in [5, 5.41) is 27.6. The fourth-order valence-corrected chi connectivity index (χ4v) is 2.24. The second-order valence-corrected chi connectivity index (χ2v) is 4.95. The molecule has 1 heterocycles. The fraction of sp³-hybridized carbons (Fsp3) is 0.0833. The molecular weight excluding hydrogens is 296 g/mol. The molecule has 0 amide bonds. The lowest BCUT2D eigenvalue weighted by molar-refractivity contribution is -0.393. The summed E-state index contributed by atoms with van der Waals surface area (Å²) in [5.74, 6) is 0. The molecule has 0 radical (unpaired) electrons. The molecule has 0 spiro atoms. The Bertz CT molecular complexity index is 712. The average Bonchev–Trinajstić information content (AvgIpc) is 2.98. The molecule has 21 heavy (non-hydrogen) atoms. The van der Waals surface area contributed by atoms with Crippen LogP contribution in [0.1, 0.15) is 11.8 Å². The minimum Gasteiger partial charge on any atom is -0.271 e. The number of benzene rings is 1. The normalized spacial score (nSPS) is 11.2. The zero-order valence-electron chi connectivity index (χ0n) is 10.8. The molecule has 0 atom stereocenters. The van der Waals surface area contributed by atoms with E-state index >= 15 is 0 Å². The molecule has 9 heteroatoms. The van der Waals surface area contributed by atoms with Gasteiger partial charge in [-0.25, -0.2) is 0 Å². The fourth-order valence-electron chi connectivity index (χ4n) is 1.56. The van der Waals surface area contributed by atoms with Crippen molar-refractivity contribution in [1.82, 2.24) is 0 Å². The van der Waals surface area contributed by atoms with Crippen LogP contribution in [0.2, 0.25) is 0 Å². The standard InChI is InChI=1S/C12H10N4O4S/c1-8(12-3-2-6-21-12)13-14-10-5-4-9(15(17)18)7-11(10)16(19)20/h2-7,14H,1H3/b13-8-. The van der Waals surface area contributed by atoms with Crippen molar-refractivity contribution in [2.45, 2.75) is 6.92 Å². The van der Waals surface area contributed by atoms with Gasteiger partial charge < -0.3 is 0 Å². The second-order valence-electron chi connectivity index (χ2n) is 4.00. The SMILES string of the molecule is C/C(=N/Nc1ccc([N+](=O)[O-])cc1[N+](=O)[O-])c1cccs1. The smallest absolute Gasteiger partial charge is 0.271 e. The van der Waals surface area contributed by atoms with Crippen molar-refractivity contribution in [3.8, 4) is 0 Å². The van der Waals surface area contributed by atoms with E-state index in [1.54, 1.807) is 6.92 Å². The summed E-state index contributed by atoms with van der Waals surface area (Å²) in [6.45, 7) is 1.76. The quantitative estimate of drug-likeness (QED) is 0.517. The lowest BCUT2D eigenvalue weighted by Crippen LogP contribution is -2.01. The summed E-state index contributed by atoms with van der Waals surface area (Å²) in [5.41, 5.74) is 2.60. The highest BCUT2D eigenvalue weighted by atomic mass is 32.1. The Morgan fingerprint density at radius 2 is 2.00 bits per heavy atom. The summed E-state index contributed by atoms with van der Waals surface area (Å²) in [4.78, 5) is 21.2. The van der Waals surface area contributed by atoms with E-state index in [2.05, 4.69) is 10.5 Å². The molecule has 1 aromatic carbocycles. The number of hydrazone groups is 1. The summed E-state index contributed by atoms with van der Waals surface area (Å²) in [7, 11) is 0. The molecule has 0 aliphatic carbocycles. The van der Waals surface area contributed by atoms with Gasteiger partial charge in [0.1, 0.15) is 5.69 Å². The Hall–Kier alpha value is -2.81. The van der Waals surface area contributed by atoms with E-state index < -0.39 is 15.5 Å². The van der Waals surface area contributed by atoms with E-state index in [1.165, 1.54) is 23.5 Å². The lowest BCUT2D eigenvalue weighted by atomic mass is 10.2. The van der Waals surface area contributed by atoms with Gasteiger partial charge in [0.05, 0.1) is 21.6 Å². The highest BCUT2D eigenvalue weighted by molar-refractivity contribution is 7.12. The van der Waals surface area contributed by atoms with Crippen molar-refractivity contribution in [2.75, 3.05) is 5.43 Å². The Labute approximate surface area is 123 Å². The number of nitro groups is 2. The molecule has 0 unspecified atom stereocenters. The minimum atomic E-state index is -0.689. The van der Waals surface area contributed by atoms with Gasteiger partial charge in [-0.3, -0.25) is 25.7 Å². The first-order valence-electron chi connectivity index (χ1n) is 5.76. The van der Waals surface area contributed by atoms with Crippen molar-refractivity contribution >= 4 is 34.1 Å². The number of nitro benzene ring substituents is 2. The number of non-ortho nitro benzene ring substituents is 1. The number of hydrogen-bond donors (Lipinski definition) is 1. The van der Waals surface area contributed by atoms with E-state index in [9.17, 15) is 20.2 Å². The van der Waals surface area contributed by atoms with Crippen LogP contribution in [0, 0.1) is 20.2 Å². The van der Waals surface area contributed by atoms with Crippen LogP contribution in [0.15, 0.2) is 40.8 Å². The highest BCUT2D eigenvalue weighted by Crippen LogP contribution is 2.29. The van der Waals surface area contributed by atoms with Gasteiger partial charge in [0, 0.05) is 10.9 Å². The molecule has 2 rings (SSSR count). The largest absolute Gasteiger partial charge is 0.301 e. The molecule has 0 saturated heterocycles. The predicted octanol–water partition coefficient (Wildman–Crippen LogP) is 3.40. The van der Waals surface area contributed by atoms with Crippen LogP contribution in [0.25, 0.3) is 0 Å². The Balaban J connectivity index is 2.29. The van der Waals surface area contributed by atoms with Crippen LogP contribution in [-0.4, -0.2) is 15.6 Å². The molecule has 0 aliphatic heterocycles. The number of rotatable bonds is 5. The van der Waals surface area contributed by atoms with Crippen molar-refractivity contribution in [3.63, 3.8) is 0 Å². The Morgan fingerprint density at radius 3 is 2.57 bits per heavy atom. The van der Waals surface area contributed by atoms with Gasteiger partial charge in [-0.15, -0.1) is 11.3 Å². The molecule has 0 fully saturated rings. The van der Waals surface area contributed by atoms with Crippen LogP contribution in [0.4, 0.5) is 17.1 Å². The molecule has 0 bridgehead atoms. The third-order valence-electron chi connectivity index (χ3n) is 2.61. The van der Waals surface area contributed by atoms with Crippen molar-refractivity contribution < 1.29 is 9.85 Å². The number of nitrogens with one attached hydrogen (secondary N) is 1. The molecular formula is C12H10N4O4S. The number of anilines is 1. The van der Waals surface area contributed by atoms with Gasteiger partial charge in [-0.2, -0.15) is 5.10 Å². The van der Waals surface area contributed by atoms with Crippen LogP contribution < -0.4 is 5.43 Å². The first kappa shape index (κ1) is 14.6. The maximum absolute atomic E-state index is 11.0. The molecule has 108 valence electrons. The molecule has 1 aromatic heterocycles. The third kappa shape index (κ3) is 3.39. The van der Waals surface area contributed by atoms with Crippen molar-refractivity contribution in [1.29, 1.82) is 0 Å². The number of thiophene rings is 1. The van der Waals surface area contributed by atoms with Gasteiger partial charge in [0.2, 0.25) is 0 Å². The van der Waals surface area contributed by atoms with Gasteiger partial charge in [0.15, 0.2) is 0 Å². The van der Waals surface area contributed by atoms with Gasteiger partial charge >= 0.3 is 5.69 Å². The maximum atomic E-state index is 11.0. The summed E-state index contributed by atoms with van der Waals surface area (Å²) in [6.07, 6.45) is 0. The molecule has 0 saturated carbocycles. The average molecular weight is 306 g/mol. The van der Waals surface area contributed by atoms with Crippen molar-refractivity contribution in [3.05, 3.63) is 60.8 Å². The minimum absolute atomic E-state index is 0.0986. The summed E-state index contributed by atoms with van der Waals surface area (Å²) in [6, 6.07) is 7.09. The Kier molecular flexibility index (Phi) is 4.24. The maximum Gasteiger partial charge on any atom is 0.301 e. The molecule has 1 N–H and O–H groups in total. The second kappa shape index (κ2) is 6.09.